The molecule has 0 unspecified atom stereocenters. The van der Waals surface area contributed by atoms with Crippen molar-refractivity contribution in [3.63, 3.8) is 0 Å². The van der Waals surface area contributed by atoms with Crippen LogP contribution in [0.3, 0.4) is 0 Å². The molecule has 172 valence electrons. The number of rotatable bonds is 5. The van der Waals surface area contributed by atoms with Crippen molar-refractivity contribution in [3.05, 3.63) is 112 Å². The summed E-state index contributed by atoms with van der Waals surface area (Å²) in [5.74, 6) is -0.807. The molecule has 0 bridgehead atoms. The monoisotopic (exact) mass is 454 g/mol. The molecule has 0 saturated heterocycles. The van der Waals surface area contributed by atoms with Gasteiger partial charge < -0.3 is 4.90 Å². The molecule has 3 aromatic carbocycles. The third kappa shape index (κ3) is 4.03. The van der Waals surface area contributed by atoms with Crippen LogP contribution in [0.25, 0.3) is 5.57 Å². The van der Waals surface area contributed by atoms with E-state index in [0.29, 0.717) is 30.8 Å². The van der Waals surface area contributed by atoms with Gasteiger partial charge in [-0.2, -0.15) is 0 Å². The SMILES string of the molecule is Cc1ccc(C2=C(N3CCc4ccccc4C3)C(=O)N(CCc3ccc(F)cc3)C2=O)c(C)c1. The summed E-state index contributed by atoms with van der Waals surface area (Å²) >= 11 is 0. The summed E-state index contributed by atoms with van der Waals surface area (Å²) in [6.45, 7) is 5.55. The lowest BCUT2D eigenvalue weighted by molar-refractivity contribution is -0.137. The van der Waals surface area contributed by atoms with Crippen LogP contribution in [-0.2, 0) is 29.0 Å². The van der Waals surface area contributed by atoms with Crippen LogP contribution in [0.1, 0.15) is 33.4 Å². The number of carbonyl (C=O) groups is 2. The van der Waals surface area contributed by atoms with Gasteiger partial charge in [0.2, 0.25) is 0 Å². The van der Waals surface area contributed by atoms with E-state index in [1.807, 2.05) is 44.2 Å². The number of benzene rings is 3. The zero-order chi connectivity index (χ0) is 23.8. The van der Waals surface area contributed by atoms with Gasteiger partial charge in [0.05, 0.1) is 5.57 Å². The number of amides is 2. The highest BCUT2D eigenvalue weighted by Gasteiger charge is 2.42. The molecule has 5 heteroatoms. The Labute approximate surface area is 199 Å². The van der Waals surface area contributed by atoms with Crippen molar-refractivity contribution in [2.75, 3.05) is 13.1 Å². The van der Waals surface area contributed by atoms with E-state index in [9.17, 15) is 14.0 Å². The smallest absolute Gasteiger partial charge is 0.277 e. The second kappa shape index (κ2) is 8.90. The van der Waals surface area contributed by atoms with Gasteiger partial charge in [-0.1, -0.05) is 60.2 Å². The van der Waals surface area contributed by atoms with Crippen LogP contribution in [-0.4, -0.2) is 34.7 Å². The number of halogens is 1. The number of fused-ring (bicyclic) bond motifs is 1. The van der Waals surface area contributed by atoms with Crippen molar-refractivity contribution in [2.45, 2.75) is 33.2 Å². The van der Waals surface area contributed by atoms with Crippen molar-refractivity contribution < 1.29 is 14.0 Å². The molecular formula is C29H27FN2O2. The molecule has 0 radical (unpaired) electrons. The van der Waals surface area contributed by atoms with Gasteiger partial charge in [0.15, 0.2) is 0 Å². The van der Waals surface area contributed by atoms with Crippen molar-refractivity contribution in [2.24, 2.45) is 0 Å². The van der Waals surface area contributed by atoms with Gasteiger partial charge in [0.25, 0.3) is 11.8 Å². The highest BCUT2D eigenvalue weighted by molar-refractivity contribution is 6.35. The quantitative estimate of drug-likeness (QED) is 0.519. The van der Waals surface area contributed by atoms with E-state index in [2.05, 4.69) is 17.0 Å². The number of carbonyl (C=O) groups excluding carboxylic acids is 2. The van der Waals surface area contributed by atoms with E-state index in [1.165, 1.54) is 28.2 Å². The maximum Gasteiger partial charge on any atom is 0.277 e. The Morgan fingerprint density at radius 2 is 1.62 bits per heavy atom. The highest BCUT2D eigenvalue weighted by atomic mass is 19.1. The Bertz CT molecular complexity index is 1310. The number of hydrogen-bond donors (Lipinski definition) is 0. The lowest BCUT2D eigenvalue weighted by Crippen LogP contribution is -2.38. The summed E-state index contributed by atoms with van der Waals surface area (Å²) in [6, 6.07) is 20.4. The maximum atomic E-state index is 13.7. The molecule has 4 nitrogen and oxygen atoms in total. The van der Waals surface area contributed by atoms with Crippen molar-refractivity contribution >= 4 is 17.4 Å². The van der Waals surface area contributed by atoms with E-state index in [1.54, 1.807) is 12.1 Å². The molecule has 2 aliphatic rings. The Hall–Kier alpha value is -3.73. The van der Waals surface area contributed by atoms with Crippen molar-refractivity contribution in [3.8, 4) is 0 Å². The van der Waals surface area contributed by atoms with Crippen LogP contribution >= 0.6 is 0 Å². The number of hydrogen-bond acceptors (Lipinski definition) is 3. The second-order valence-corrected chi connectivity index (χ2v) is 9.12. The summed E-state index contributed by atoms with van der Waals surface area (Å²) in [5.41, 5.74) is 7.24. The van der Waals surface area contributed by atoms with E-state index in [4.69, 9.17) is 0 Å². The van der Waals surface area contributed by atoms with Gasteiger partial charge in [0.1, 0.15) is 11.5 Å². The Morgan fingerprint density at radius 3 is 2.35 bits per heavy atom. The van der Waals surface area contributed by atoms with Gasteiger partial charge in [-0.15, -0.1) is 0 Å². The van der Waals surface area contributed by atoms with Crippen LogP contribution in [0, 0.1) is 19.7 Å². The van der Waals surface area contributed by atoms with Crippen LogP contribution in [0.15, 0.2) is 72.4 Å². The minimum absolute atomic E-state index is 0.249. The molecule has 2 amide bonds. The van der Waals surface area contributed by atoms with Gasteiger partial charge in [-0.05, 0) is 66.6 Å². The van der Waals surface area contributed by atoms with E-state index in [0.717, 1.165) is 28.7 Å². The average Bonchev–Trinajstić information content (AvgIpc) is 3.08. The Kier molecular flexibility index (Phi) is 5.78. The summed E-state index contributed by atoms with van der Waals surface area (Å²) in [6.07, 6.45) is 1.31. The fourth-order valence-corrected chi connectivity index (χ4v) is 4.98. The van der Waals surface area contributed by atoms with E-state index in [-0.39, 0.29) is 24.2 Å². The normalized spacial score (nSPS) is 15.9. The van der Waals surface area contributed by atoms with Crippen LogP contribution in [0.2, 0.25) is 0 Å². The molecule has 0 saturated carbocycles. The highest BCUT2D eigenvalue weighted by Crippen LogP contribution is 2.36. The molecule has 0 N–H and O–H groups in total. The lowest BCUT2D eigenvalue weighted by atomic mass is 9.95. The molecule has 0 atom stereocenters. The predicted octanol–water partition coefficient (Wildman–Crippen LogP) is 4.82. The molecular weight excluding hydrogens is 427 g/mol. The van der Waals surface area contributed by atoms with Gasteiger partial charge in [0, 0.05) is 19.6 Å². The summed E-state index contributed by atoms with van der Waals surface area (Å²) in [5, 5.41) is 0. The van der Waals surface area contributed by atoms with E-state index >= 15 is 0 Å². The predicted molar refractivity (Wildman–Crippen MR) is 130 cm³/mol. The minimum Gasteiger partial charge on any atom is -0.362 e. The van der Waals surface area contributed by atoms with Gasteiger partial charge >= 0.3 is 0 Å². The summed E-state index contributed by atoms with van der Waals surface area (Å²) < 4.78 is 13.3. The van der Waals surface area contributed by atoms with Crippen molar-refractivity contribution in [1.29, 1.82) is 0 Å². The third-order valence-corrected chi connectivity index (χ3v) is 6.78. The van der Waals surface area contributed by atoms with Crippen LogP contribution < -0.4 is 0 Å². The largest absolute Gasteiger partial charge is 0.362 e. The number of nitrogens with zero attached hydrogens (tertiary/aromatic N) is 2. The fraction of sp³-hybridized carbons (Fsp3) is 0.241. The first-order chi connectivity index (χ1) is 16.4. The van der Waals surface area contributed by atoms with Gasteiger partial charge in [-0.25, -0.2) is 4.39 Å². The first kappa shape index (κ1) is 22.1. The molecule has 2 aliphatic heterocycles. The van der Waals surface area contributed by atoms with Crippen molar-refractivity contribution in [1.82, 2.24) is 9.80 Å². The zero-order valence-electron chi connectivity index (χ0n) is 19.5. The second-order valence-electron chi connectivity index (χ2n) is 9.12. The molecule has 0 fully saturated rings. The fourth-order valence-electron chi connectivity index (χ4n) is 4.98. The maximum absolute atomic E-state index is 13.7. The Morgan fingerprint density at radius 1 is 0.882 bits per heavy atom. The molecule has 3 aromatic rings. The number of imide groups is 1. The lowest BCUT2D eigenvalue weighted by Gasteiger charge is -2.31. The molecule has 0 aromatic heterocycles. The van der Waals surface area contributed by atoms with Crippen LogP contribution in [0.5, 0.6) is 0 Å². The summed E-state index contributed by atoms with van der Waals surface area (Å²) in [4.78, 5) is 30.8. The average molecular weight is 455 g/mol. The van der Waals surface area contributed by atoms with Gasteiger partial charge in [-0.3, -0.25) is 14.5 Å². The third-order valence-electron chi connectivity index (χ3n) is 6.78. The standard InChI is InChI=1S/C29H27FN2O2/c1-19-7-12-25(20(2)17-19)26-27(31-15-14-22-5-3-4-6-23(22)18-31)29(34)32(28(26)33)16-13-21-8-10-24(30)11-9-21/h3-12,17H,13-16,18H2,1-2H3. The first-order valence-electron chi connectivity index (χ1n) is 11.7. The number of aryl methyl sites for hydroxylation is 2. The summed E-state index contributed by atoms with van der Waals surface area (Å²) in [7, 11) is 0. The molecule has 34 heavy (non-hydrogen) atoms. The molecule has 5 rings (SSSR count). The zero-order valence-corrected chi connectivity index (χ0v) is 19.5. The molecule has 0 spiro atoms. The minimum atomic E-state index is -0.302. The first-order valence-corrected chi connectivity index (χ1v) is 11.7. The molecule has 2 heterocycles. The van der Waals surface area contributed by atoms with Crippen LogP contribution in [0.4, 0.5) is 4.39 Å². The molecule has 0 aliphatic carbocycles. The van der Waals surface area contributed by atoms with E-state index < -0.39 is 0 Å². The Balaban J connectivity index is 1.51. The topological polar surface area (TPSA) is 40.6 Å².